The molecule has 8 aromatic carbocycles. The molecule has 0 atom stereocenters. The number of rotatable bonds is 6. The second-order valence-electron chi connectivity index (χ2n) is 13.0. The van der Waals surface area contributed by atoms with E-state index in [-0.39, 0.29) is 0 Å². The van der Waals surface area contributed by atoms with Gasteiger partial charge < -0.3 is 9.47 Å². The molecule has 0 N–H and O–H groups in total. The number of nitrogens with zero attached hydrogens (tertiary/aromatic N) is 2. The lowest BCUT2D eigenvalue weighted by atomic mass is 9.99. The van der Waals surface area contributed by atoms with Gasteiger partial charge in [0.05, 0.1) is 21.4 Å². The molecule has 0 aliphatic carbocycles. The van der Waals surface area contributed by atoms with Crippen molar-refractivity contribution in [1.82, 2.24) is 4.57 Å². The number of para-hydroxylation sites is 3. The van der Waals surface area contributed by atoms with Crippen LogP contribution in [-0.4, -0.2) is 4.57 Å². The number of fused-ring (bicyclic) bond motifs is 6. The van der Waals surface area contributed by atoms with Crippen molar-refractivity contribution in [3.05, 3.63) is 194 Å². The summed E-state index contributed by atoms with van der Waals surface area (Å²) in [6.45, 7) is 0. The minimum atomic E-state index is 1.12. The fourth-order valence-electron chi connectivity index (χ4n) is 7.58. The van der Waals surface area contributed by atoms with Gasteiger partial charge in [0, 0.05) is 43.3 Å². The van der Waals surface area contributed by atoms with Crippen LogP contribution >= 0.6 is 11.3 Å². The molecule has 10 aromatic rings. The smallest absolute Gasteiger partial charge is 0.0646 e. The first-order chi connectivity index (χ1) is 25.3. The van der Waals surface area contributed by atoms with Crippen LogP contribution in [0.5, 0.6) is 0 Å². The van der Waals surface area contributed by atoms with Crippen LogP contribution in [0.2, 0.25) is 0 Å². The molecule has 10 rings (SSSR count). The first kappa shape index (κ1) is 29.5. The molecule has 0 radical (unpaired) electrons. The van der Waals surface area contributed by atoms with Crippen molar-refractivity contribution < 1.29 is 0 Å². The molecule has 2 nitrogen and oxygen atoms in total. The molecule has 2 heterocycles. The maximum atomic E-state index is 2.43. The van der Waals surface area contributed by atoms with Crippen molar-refractivity contribution in [3.8, 4) is 27.9 Å². The third kappa shape index (κ3) is 5.01. The van der Waals surface area contributed by atoms with E-state index in [0.29, 0.717) is 0 Å². The summed E-state index contributed by atoms with van der Waals surface area (Å²) in [5.74, 6) is 0. The van der Waals surface area contributed by atoms with E-state index < -0.39 is 0 Å². The zero-order valence-electron chi connectivity index (χ0n) is 27.8. The van der Waals surface area contributed by atoms with Gasteiger partial charge in [-0.05, 0) is 89.0 Å². The first-order valence-electron chi connectivity index (χ1n) is 17.4. The minimum Gasteiger partial charge on any atom is -0.309 e. The van der Waals surface area contributed by atoms with Crippen LogP contribution in [0.3, 0.4) is 0 Å². The zero-order chi connectivity index (χ0) is 33.7. The molecule has 0 aliphatic heterocycles. The van der Waals surface area contributed by atoms with E-state index in [0.717, 1.165) is 17.1 Å². The third-order valence-electron chi connectivity index (χ3n) is 9.97. The lowest BCUT2D eigenvalue weighted by Gasteiger charge is -2.27. The number of benzene rings is 8. The maximum Gasteiger partial charge on any atom is 0.0646 e. The van der Waals surface area contributed by atoms with Gasteiger partial charge in [-0.25, -0.2) is 0 Å². The number of hydrogen-bond acceptors (Lipinski definition) is 2. The van der Waals surface area contributed by atoms with Crippen LogP contribution in [0.25, 0.3) is 69.9 Å². The van der Waals surface area contributed by atoms with Gasteiger partial charge in [-0.3, -0.25) is 0 Å². The van der Waals surface area contributed by atoms with Gasteiger partial charge >= 0.3 is 0 Å². The summed E-state index contributed by atoms with van der Waals surface area (Å²) in [5, 5.41) is 5.07. The summed E-state index contributed by atoms with van der Waals surface area (Å²) < 4.78 is 4.96. The van der Waals surface area contributed by atoms with Crippen molar-refractivity contribution in [1.29, 1.82) is 0 Å². The maximum absolute atomic E-state index is 2.43. The summed E-state index contributed by atoms with van der Waals surface area (Å²) in [6.07, 6.45) is 0. The monoisotopic (exact) mass is 668 g/mol. The SMILES string of the molecule is c1ccc(-c2ccc(N(c3ccccc3)c3cc(-c4ccc5c6ccccc6n(-c6ccccc6)c5c4)cc4c3sc3ccccc34)cc2)cc1. The Morgan fingerprint density at radius 2 is 0.961 bits per heavy atom. The van der Waals surface area contributed by atoms with Gasteiger partial charge in [-0.1, -0.05) is 127 Å². The third-order valence-corrected chi connectivity index (χ3v) is 11.2. The molecule has 0 spiro atoms. The Morgan fingerprint density at radius 1 is 0.373 bits per heavy atom. The Balaban J connectivity index is 1.22. The van der Waals surface area contributed by atoms with Gasteiger partial charge in [0.2, 0.25) is 0 Å². The zero-order valence-corrected chi connectivity index (χ0v) is 28.6. The quantitative estimate of drug-likeness (QED) is 0.171. The van der Waals surface area contributed by atoms with Crippen molar-refractivity contribution >= 4 is 70.4 Å². The van der Waals surface area contributed by atoms with E-state index in [1.54, 1.807) is 0 Å². The molecule has 51 heavy (non-hydrogen) atoms. The summed E-state index contributed by atoms with van der Waals surface area (Å²) in [4.78, 5) is 2.43. The molecule has 0 saturated heterocycles. The molecule has 0 bridgehead atoms. The number of aromatic nitrogens is 1. The van der Waals surface area contributed by atoms with E-state index in [2.05, 4.69) is 204 Å². The second kappa shape index (κ2) is 12.2. The highest BCUT2D eigenvalue weighted by Gasteiger charge is 2.21. The molecule has 0 unspecified atom stereocenters. The van der Waals surface area contributed by atoms with Crippen LogP contribution in [0.4, 0.5) is 17.1 Å². The Morgan fingerprint density at radius 3 is 1.75 bits per heavy atom. The fourth-order valence-corrected chi connectivity index (χ4v) is 8.77. The van der Waals surface area contributed by atoms with E-state index >= 15 is 0 Å². The predicted molar refractivity (Wildman–Crippen MR) is 219 cm³/mol. The molecular weight excluding hydrogens is 637 g/mol. The van der Waals surface area contributed by atoms with Crippen LogP contribution < -0.4 is 4.90 Å². The molecule has 240 valence electrons. The van der Waals surface area contributed by atoms with E-state index in [1.165, 1.54) is 69.9 Å². The molecule has 3 heteroatoms. The van der Waals surface area contributed by atoms with Crippen LogP contribution in [0.15, 0.2) is 194 Å². The Kier molecular flexibility index (Phi) is 7.04. The molecule has 0 fully saturated rings. The van der Waals surface area contributed by atoms with Gasteiger partial charge in [-0.15, -0.1) is 11.3 Å². The lowest BCUT2D eigenvalue weighted by molar-refractivity contribution is 1.18. The summed E-state index contributed by atoms with van der Waals surface area (Å²) >= 11 is 1.87. The van der Waals surface area contributed by atoms with Gasteiger partial charge in [0.1, 0.15) is 0 Å². The molecule has 0 saturated carbocycles. The average molecular weight is 669 g/mol. The fraction of sp³-hybridized carbons (Fsp3) is 0. The Hall–Kier alpha value is -6.42. The lowest BCUT2D eigenvalue weighted by Crippen LogP contribution is -2.10. The molecule has 0 aliphatic rings. The molecular formula is C48H32N2S. The highest BCUT2D eigenvalue weighted by atomic mass is 32.1. The van der Waals surface area contributed by atoms with Crippen LogP contribution in [0, 0.1) is 0 Å². The summed E-state index contributed by atoms with van der Waals surface area (Å²) in [6, 6.07) is 70.4. The highest BCUT2D eigenvalue weighted by molar-refractivity contribution is 7.26. The molecule has 0 amide bonds. The highest BCUT2D eigenvalue weighted by Crippen LogP contribution is 2.47. The first-order valence-corrected chi connectivity index (χ1v) is 18.2. The predicted octanol–water partition coefficient (Wildman–Crippen LogP) is 14.0. The van der Waals surface area contributed by atoms with Crippen LogP contribution in [-0.2, 0) is 0 Å². The van der Waals surface area contributed by atoms with Crippen molar-refractivity contribution in [2.45, 2.75) is 0 Å². The largest absolute Gasteiger partial charge is 0.309 e. The van der Waals surface area contributed by atoms with E-state index in [4.69, 9.17) is 0 Å². The van der Waals surface area contributed by atoms with Gasteiger partial charge in [0.25, 0.3) is 0 Å². The minimum absolute atomic E-state index is 1.12. The number of hydrogen-bond donors (Lipinski definition) is 0. The van der Waals surface area contributed by atoms with Gasteiger partial charge in [0.15, 0.2) is 0 Å². The van der Waals surface area contributed by atoms with Crippen LogP contribution in [0.1, 0.15) is 0 Å². The van der Waals surface area contributed by atoms with Gasteiger partial charge in [-0.2, -0.15) is 0 Å². The average Bonchev–Trinajstić information content (AvgIpc) is 3.75. The normalized spacial score (nSPS) is 11.5. The van der Waals surface area contributed by atoms with Crippen molar-refractivity contribution in [2.24, 2.45) is 0 Å². The topological polar surface area (TPSA) is 8.17 Å². The summed E-state index contributed by atoms with van der Waals surface area (Å²) in [7, 11) is 0. The Bertz CT molecular complexity index is 2830. The van der Waals surface area contributed by atoms with Crippen molar-refractivity contribution in [3.63, 3.8) is 0 Å². The van der Waals surface area contributed by atoms with Crippen molar-refractivity contribution in [2.75, 3.05) is 4.90 Å². The second-order valence-corrected chi connectivity index (χ2v) is 14.0. The summed E-state index contributed by atoms with van der Waals surface area (Å²) in [5.41, 5.74) is 11.8. The number of anilines is 3. The standard InChI is InChI=1S/C48H32N2S/c1-4-14-33(15-5-1)34-24-27-39(28-25-34)49(37-16-6-2-7-17-37)46-32-36(30-43-42-21-11-13-23-47(42)51-48(43)46)35-26-29-41-40-20-10-12-22-44(40)50(45(41)31-35)38-18-8-3-9-19-38/h1-32H. The number of thiophene rings is 1. The van der Waals surface area contributed by atoms with E-state index in [1.807, 2.05) is 11.3 Å². The molecule has 2 aromatic heterocycles. The Labute approximate surface area is 300 Å². The van der Waals surface area contributed by atoms with E-state index in [9.17, 15) is 0 Å².